The van der Waals surface area contributed by atoms with Gasteiger partial charge in [0.2, 0.25) is 0 Å². The molecule has 0 amide bonds. The van der Waals surface area contributed by atoms with Gasteiger partial charge in [-0.3, -0.25) is 9.88 Å². The van der Waals surface area contributed by atoms with Crippen molar-refractivity contribution in [3.63, 3.8) is 0 Å². The number of hydrogen-bond donors (Lipinski definition) is 1. The number of hydrogen-bond acceptors (Lipinski definition) is 3. The third-order valence-electron chi connectivity index (χ3n) is 3.16. The van der Waals surface area contributed by atoms with Gasteiger partial charge in [-0.2, -0.15) is 0 Å². The van der Waals surface area contributed by atoms with Crippen LogP contribution < -0.4 is 5.32 Å². The van der Waals surface area contributed by atoms with Crippen molar-refractivity contribution in [3.8, 4) is 0 Å². The zero-order chi connectivity index (χ0) is 14.2. The Hall–Kier alpha value is -1.39. The summed E-state index contributed by atoms with van der Waals surface area (Å²) in [5, 5.41) is 3.44. The Bertz CT molecular complexity index is 499. The van der Waals surface area contributed by atoms with Crippen molar-refractivity contribution in [3.05, 3.63) is 58.8 Å². The molecule has 1 heterocycles. The van der Waals surface area contributed by atoms with Crippen LogP contribution in [-0.2, 0) is 6.54 Å². The Morgan fingerprint density at radius 2 is 1.95 bits per heavy atom. The molecule has 0 aliphatic heterocycles. The molecule has 0 saturated heterocycles. The topological polar surface area (TPSA) is 28.2 Å². The van der Waals surface area contributed by atoms with Crippen molar-refractivity contribution < 1.29 is 0 Å². The summed E-state index contributed by atoms with van der Waals surface area (Å²) < 4.78 is 1.10. The molecule has 2 aromatic rings. The fraction of sp³-hybridized carbons (Fsp3) is 0.312. The zero-order valence-electron chi connectivity index (χ0n) is 11.7. The first-order chi connectivity index (χ1) is 9.78. The number of aromatic nitrogens is 1. The summed E-state index contributed by atoms with van der Waals surface area (Å²) in [6.45, 7) is 6.05. The Labute approximate surface area is 129 Å². The van der Waals surface area contributed by atoms with E-state index in [9.17, 15) is 0 Å². The van der Waals surface area contributed by atoms with E-state index in [1.807, 2.05) is 30.5 Å². The molecule has 2 rings (SSSR count). The van der Waals surface area contributed by atoms with Crippen molar-refractivity contribution >= 4 is 21.6 Å². The second kappa shape index (κ2) is 8.02. The highest BCUT2D eigenvalue weighted by Crippen LogP contribution is 2.13. The molecule has 20 heavy (non-hydrogen) atoms. The number of halogens is 1. The number of pyridine rings is 1. The first-order valence-electron chi connectivity index (χ1n) is 6.89. The van der Waals surface area contributed by atoms with Crippen LogP contribution in [0.25, 0.3) is 0 Å². The van der Waals surface area contributed by atoms with Gasteiger partial charge in [-0.1, -0.05) is 28.9 Å². The molecule has 4 heteroatoms. The van der Waals surface area contributed by atoms with Crippen molar-refractivity contribution in [1.82, 2.24) is 9.88 Å². The quantitative estimate of drug-likeness (QED) is 0.835. The molecule has 0 atom stereocenters. The SMILES string of the molecule is CCN(CCNc1ccc(Br)cc1)Cc1ccccn1. The predicted octanol–water partition coefficient (Wildman–Crippen LogP) is 3.78. The highest BCUT2D eigenvalue weighted by molar-refractivity contribution is 9.10. The Balaban J connectivity index is 1.78. The van der Waals surface area contributed by atoms with E-state index in [1.165, 1.54) is 0 Å². The number of rotatable bonds is 7. The van der Waals surface area contributed by atoms with Crippen LogP contribution in [-0.4, -0.2) is 29.5 Å². The van der Waals surface area contributed by atoms with Crippen LogP contribution in [0.3, 0.4) is 0 Å². The molecule has 0 saturated carbocycles. The molecule has 0 radical (unpaired) electrons. The second-order valence-electron chi connectivity index (χ2n) is 4.62. The Morgan fingerprint density at radius 3 is 2.60 bits per heavy atom. The summed E-state index contributed by atoms with van der Waals surface area (Å²) in [5.41, 5.74) is 2.28. The smallest absolute Gasteiger partial charge is 0.0543 e. The fourth-order valence-electron chi connectivity index (χ4n) is 2.00. The highest BCUT2D eigenvalue weighted by Gasteiger charge is 2.04. The minimum Gasteiger partial charge on any atom is -0.384 e. The third kappa shape index (κ3) is 4.94. The monoisotopic (exact) mass is 333 g/mol. The molecule has 1 aromatic heterocycles. The Morgan fingerprint density at radius 1 is 1.15 bits per heavy atom. The van der Waals surface area contributed by atoms with Crippen molar-refractivity contribution in [1.29, 1.82) is 0 Å². The maximum atomic E-state index is 4.38. The summed E-state index contributed by atoms with van der Waals surface area (Å²) in [6.07, 6.45) is 1.85. The van der Waals surface area contributed by atoms with Crippen LogP contribution in [0.2, 0.25) is 0 Å². The largest absolute Gasteiger partial charge is 0.384 e. The average molecular weight is 334 g/mol. The average Bonchev–Trinajstić information content (AvgIpc) is 2.49. The van der Waals surface area contributed by atoms with Crippen LogP contribution in [0.15, 0.2) is 53.1 Å². The molecule has 1 N–H and O–H groups in total. The second-order valence-corrected chi connectivity index (χ2v) is 5.54. The van der Waals surface area contributed by atoms with Gasteiger partial charge in [0.05, 0.1) is 5.69 Å². The lowest BCUT2D eigenvalue weighted by Crippen LogP contribution is -2.28. The summed E-state index contributed by atoms with van der Waals surface area (Å²) in [7, 11) is 0. The first-order valence-corrected chi connectivity index (χ1v) is 7.69. The zero-order valence-corrected chi connectivity index (χ0v) is 13.3. The van der Waals surface area contributed by atoms with E-state index in [2.05, 4.69) is 56.3 Å². The highest BCUT2D eigenvalue weighted by atomic mass is 79.9. The third-order valence-corrected chi connectivity index (χ3v) is 3.69. The predicted molar refractivity (Wildman–Crippen MR) is 87.8 cm³/mol. The van der Waals surface area contributed by atoms with E-state index in [0.29, 0.717) is 0 Å². The molecule has 0 fully saturated rings. The summed E-state index contributed by atoms with van der Waals surface area (Å²) >= 11 is 3.44. The van der Waals surface area contributed by atoms with Gasteiger partial charge in [0.25, 0.3) is 0 Å². The molecule has 1 aromatic carbocycles. The van der Waals surface area contributed by atoms with E-state index in [-0.39, 0.29) is 0 Å². The van der Waals surface area contributed by atoms with Gasteiger partial charge in [-0.25, -0.2) is 0 Å². The van der Waals surface area contributed by atoms with E-state index in [0.717, 1.165) is 42.0 Å². The molecule has 0 unspecified atom stereocenters. The number of anilines is 1. The summed E-state index contributed by atoms with van der Waals surface area (Å²) in [5.74, 6) is 0. The van der Waals surface area contributed by atoms with Crippen LogP contribution in [0, 0.1) is 0 Å². The number of nitrogens with one attached hydrogen (secondary N) is 1. The van der Waals surface area contributed by atoms with Crippen LogP contribution >= 0.6 is 15.9 Å². The van der Waals surface area contributed by atoms with Gasteiger partial charge in [0.1, 0.15) is 0 Å². The number of likely N-dealkylation sites (N-methyl/N-ethyl adjacent to an activating group) is 1. The first kappa shape index (κ1) is 15.0. The lowest BCUT2D eigenvalue weighted by Gasteiger charge is -2.20. The van der Waals surface area contributed by atoms with Gasteiger partial charge in [0.15, 0.2) is 0 Å². The van der Waals surface area contributed by atoms with Gasteiger partial charge in [0, 0.05) is 36.0 Å². The van der Waals surface area contributed by atoms with Crippen LogP contribution in [0.4, 0.5) is 5.69 Å². The molecule has 0 spiro atoms. The minimum atomic E-state index is 0.902. The van der Waals surface area contributed by atoms with E-state index >= 15 is 0 Å². The standard InChI is InChI=1S/C16H20BrN3/c1-2-20(13-16-5-3-4-10-18-16)12-11-19-15-8-6-14(17)7-9-15/h3-10,19H,2,11-13H2,1H3. The summed E-state index contributed by atoms with van der Waals surface area (Å²) in [4.78, 5) is 6.76. The molecule has 0 aliphatic carbocycles. The molecule has 0 aliphatic rings. The fourth-order valence-corrected chi connectivity index (χ4v) is 2.26. The number of nitrogens with zero attached hydrogens (tertiary/aromatic N) is 2. The summed E-state index contributed by atoms with van der Waals surface area (Å²) in [6, 6.07) is 14.3. The van der Waals surface area contributed by atoms with Gasteiger partial charge in [-0.15, -0.1) is 0 Å². The van der Waals surface area contributed by atoms with Crippen molar-refractivity contribution in [2.24, 2.45) is 0 Å². The maximum Gasteiger partial charge on any atom is 0.0543 e. The van der Waals surface area contributed by atoms with Gasteiger partial charge < -0.3 is 5.32 Å². The van der Waals surface area contributed by atoms with E-state index < -0.39 is 0 Å². The van der Waals surface area contributed by atoms with Crippen LogP contribution in [0.5, 0.6) is 0 Å². The van der Waals surface area contributed by atoms with Crippen molar-refractivity contribution in [2.45, 2.75) is 13.5 Å². The molecule has 106 valence electrons. The lowest BCUT2D eigenvalue weighted by atomic mass is 10.3. The lowest BCUT2D eigenvalue weighted by molar-refractivity contribution is 0.287. The van der Waals surface area contributed by atoms with E-state index in [1.54, 1.807) is 0 Å². The molecular formula is C16H20BrN3. The molecule has 0 bridgehead atoms. The van der Waals surface area contributed by atoms with Gasteiger partial charge >= 0.3 is 0 Å². The van der Waals surface area contributed by atoms with Crippen molar-refractivity contribution in [2.75, 3.05) is 25.0 Å². The Kier molecular flexibility index (Phi) is 6.02. The molecule has 3 nitrogen and oxygen atoms in total. The minimum absolute atomic E-state index is 0.902. The maximum absolute atomic E-state index is 4.38. The van der Waals surface area contributed by atoms with E-state index in [4.69, 9.17) is 0 Å². The van der Waals surface area contributed by atoms with Crippen LogP contribution in [0.1, 0.15) is 12.6 Å². The number of benzene rings is 1. The normalized spacial score (nSPS) is 10.8. The van der Waals surface area contributed by atoms with Gasteiger partial charge in [-0.05, 0) is 42.9 Å². The molecular weight excluding hydrogens is 314 g/mol.